The number of thioether (sulfide) groups is 1. The third kappa shape index (κ3) is 4.25. The van der Waals surface area contributed by atoms with Gasteiger partial charge in [0.1, 0.15) is 6.07 Å². The monoisotopic (exact) mass is 264 g/mol. The van der Waals surface area contributed by atoms with Gasteiger partial charge < -0.3 is 10.1 Å². The zero-order valence-corrected chi connectivity index (χ0v) is 12.0. The molecule has 0 spiro atoms. The summed E-state index contributed by atoms with van der Waals surface area (Å²) in [6.45, 7) is 7.47. The highest BCUT2D eigenvalue weighted by Crippen LogP contribution is 2.28. The normalized spacial score (nSPS) is 11.9. The van der Waals surface area contributed by atoms with E-state index in [1.807, 2.05) is 25.1 Å². The van der Waals surface area contributed by atoms with Gasteiger partial charge in [-0.15, -0.1) is 11.8 Å². The van der Waals surface area contributed by atoms with Gasteiger partial charge in [0, 0.05) is 17.5 Å². The predicted molar refractivity (Wildman–Crippen MR) is 77.1 cm³/mol. The molecule has 0 fully saturated rings. The van der Waals surface area contributed by atoms with Gasteiger partial charge in [-0.05, 0) is 31.7 Å². The van der Waals surface area contributed by atoms with Crippen LogP contribution in [-0.2, 0) is 4.74 Å². The number of nitriles is 1. The van der Waals surface area contributed by atoms with E-state index in [1.165, 1.54) is 0 Å². The fourth-order valence-corrected chi connectivity index (χ4v) is 2.43. The van der Waals surface area contributed by atoms with E-state index in [0.29, 0.717) is 13.2 Å². The van der Waals surface area contributed by atoms with Gasteiger partial charge in [0.05, 0.1) is 17.9 Å². The summed E-state index contributed by atoms with van der Waals surface area (Å²) in [7, 11) is 0. The second-order valence-corrected chi connectivity index (χ2v) is 5.23. The fourth-order valence-electron chi connectivity index (χ4n) is 1.64. The van der Waals surface area contributed by atoms with Crippen LogP contribution in [-0.4, -0.2) is 25.0 Å². The van der Waals surface area contributed by atoms with Crippen molar-refractivity contribution in [1.82, 2.24) is 0 Å². The lowest BCUT2D eigenvalue weighted by Gasteiger charge is -2.17. The van der Waals surface area contributed by atoms with Crippen molar-refractivity contribution in [3.05, 3.63) is 23.8 Å². The molecule has 1 rings (SSSR count). The second kappa shape index (κ2) is 8.02. The van der Waals surface area contributed by atoms with Crippen molar-refractivity contribution in [3.8, 4) is 6.07 Å². The maximum absolute atomic E-state index is 9.28. The molecule has 1 aromatic carbocycles. The Balaban J connectivity index is 2.82. The first kappa shape index (κ1) is 14.9. The van der Waals surface area contributed by atoms with Crippen LogP contribution in [0.2, 0.25) is 0 Å². The maximum atomic E-state index is 9.28. The summed E-state index contributed by atoms with van der Waals surface area (Å²) in [5.41, 5.74) is 1.62. The van der Waals surface area contributed by atoms with Crippen LogP contribution < -0.4 is 5.32 Å². The molecule has 0 aromatic heterocycles. The number of anilines is 1. The minimum Gasteiger partial charge on any atom is -0.380 e. The molecule has 1 N–H and O–H groups in total. The van der Waals surface area contributed by atoms with Crippen LogP contribution >= 0.6 is 11.8 Å². The Kier molecular flexibility index (Phi) is 6.63. The summed E-state index contributed by atoms with van der Waals surface area (Å²) in [5.74, 6) is 0.965. The Labute approximate surface area is 114 Å². The van der Waals surface area contributed by atoms with E-state index >= 15 is 0 Å². The highest BCUT2D eigenvalue weighted by molar-refractivity contribution is 7.99. The minimum atomic E-state index is 0.193. The van der Waals surface area contributed by atoms with Gasteiger partial charge in [0.2, 0.25) is 0 Å². The molecule has 0 saturated heterocycles. The number of hydrogen-bond donors (Lipinski definition) is 1. The summed E-state index contributed by atoms with van der Waals surface area (Å²) in [4.78, 5) is 1.04. The number of benzene rings is 1. The van der Waals surface area contributed by atoms with Crippen LogP contribution in [0.3, 0.4) is 0 Å². The van der Waals surface area contributed by atoms with Crippen molar-refractivity contribution in [2.75, 3.05) is 24.3 Å². The molecule has 1 aromatic rings. The van der Waals surface area contributed by atoms with Crippen molar-refractivity contribution >= 4 is 17.4 Å². The van der Waals surface area contributed by atoms with Gasteiger partial charge in [-0.1, -0.05) is 13.0 Å². The van der Waals surface area contributed by atoms with Crippen LogP contribution in [0.4, 0.5) is 5.69 Å². The van der Waals surface area contributed by atoms with Gasteiger partial charge >= 0.3 is 0 Å². The van der Waals surface area contributed by atoms with Gasteiger partial charge in [-0.2, -0.15) is 5.26 Å². The van der Waals surface area contributed by atoms with E-state index in [9.17, 15) is 5.26 Å². The van der Waals surface area contributed by atoms with Gasteiger partial charge in [-0.3, -0.25) is 0 Å². The summed E-state index contributed by atoms with van der Waals surface area (Å²) >= 11 is 1.69. The third-order valence-corrected chi connectivity index (χ3v) is 3.35. The molecular formula is C14H20N2OS. The largest absolute Gasteiger partial charge is 0.380 e. The first-order chi connectivity index (χ1) is 8.72. The van der Waals surface area contributed by atoms with E-state index in [2.05, 4.69) is 25.2 Å². The first-order valence-corrected chi connectivity index (χ1v) is 7.21. The lowest BCUT2D eigenvalue weighted by molar-refractivity contribution is 0.141. The highest BCUT2D eigenvalue weighted by atomic mass is 32.2. The average molecular weight is 264 g/mol. The molecule has 0 aliphatic rings. The molecule has 0 heterocycles. The maximum Gasteiger partial charge on any atom is 0.102 e. The van der Waals surface area contributed by atoms with Gasteiger partial charge in [0.15, 0.2) is 0 Å². The van der Waals surface area contributed by atoms with E-state index < -0.39 is 0 Å². The minimum absolute atomic E-state index is 0.193. The third-order valence-electron chi connectivity index (χ3n) is 2.41. The predicted octanol–water partition coefficient (Wildman–Crippen LogP) is 3.51. The van der Waals surface area contributed by atoms with Gasteiger partial charge in [0.25, 0.3) is 0 Å². The molecule has 0 radical (unpaired) electrons. The summed E-state index contributed by atoms with van der Waals surface area (Å²) in [6.07, 6.45) is 0. The van der Waals surface area contributed by atoms with Crippen LogP contribution in [0.25, 0.3) is 0 Å². The van der Waals surface area contributed by atoms with Crippen molar-refractivity contribution in [1.29, 1.82) is 5.26 Å². The smallest absolute Gasteiger partial charge is 0.102 e. The van der Waals surface area contributed by atoms with Gasteiger partial charge in [-0.25, -0.2) is 0 Å². The van der Waals surface area contributed by atoms with Crippen LogP contribution in [0, 0.1) is 11.3 Å². The molecule has 3 nitrogen and oxygen atoms in total. The van der Waals surface area contributed by atoms with Crippen molar-refractivity contribution < 1.29 is 4.74 Å². The zero-order valence-electron chi connectivity index (χ0n) is 11.2. The van der Waals surface area contributed by atoms with Crippen molar-refractivity contribution in [2.24, 2.45) is 0 Å². The number of nitrogens with one attached hydrogen (secondary N) is 1. The fraction of sp³-hybridized carbons (Fsp3) is 0.500. The summed E-state index contributed by atoms with van der Waals surface area (Å²) in [6, 6.07) is 8.40. The lowest BCUT2D eigenvalue weighted by atomic mass is 10.2. The van der Waals surface area contributed by atoms with Crippen LogP contribution in [0.5, 0.6) is 0 Å². The molecule has 0 bridgehead atoms. The van der Waals surface area contributed by atoms with E-state index in [1.54, 1.807) is 11.8 Å². The topological polar surface area (TPSA) is 45.0 Å². The number of hydrogen-bond acceptors (Lipinski definition) is 4. The van der Waals surface area contributed by atoms with Crippen LogP contribution in [0.15, 0.2) is 23.1 Å². The van der Waals surface area contributed by atoms with E-state index in [0.717, 1.165) is 21.9 Å². The molecule has 1 unspecified atom stereocenters. The quantitative estimate of drug-likeness (QED) is 0.765. The second-order valence-electron chi connectivity index (χ2n) is 3.93. The number of nitrogens with zero attached hydrogens (tertiary/aromatic N) is 1. The Bertz CT molecular complexity index is 415. The molecule has 4 heteroatoms. The summed E-state index contributed by atoms with van der Waals surface area (Å²) < 4.78 is 5.37. The van der Waals surface area contributed by atoms with Crippen molar-refractivity contribution in [3.63, 3.8) is 0 Å². The molecule has 1 atom stereocenters. The Morgan fingerprint density at radius 3 is 2.83 bits per heavy atom. The number of ether oxygens (including phenoxy) is 1. The molecule has 18 heavy (non-hydrogen) atoms. The zero-order chi connectivity index (χ0) is 13.4. The van der Waals surface area contributed by atoms with E-state index in [4.69, 9.17) is 4.74 Å². The Hall–Kier alpha value is -1.18. The molecule has 0 aliphatic carbocycles. The molecule has 0 aliphatic heterocycles. The molecule has 0 saturated carbocycles. The molecule has 0 amide bonds. The first-order valence-electron chi connectivity index (χ1n) is 6.23. The summed E-state index contributed by atoms with van der Waals surface area (Å²) in [5, 5.41) is 12.6. The Morgan fingerprint density at radius 2 is 2.22 bits per heavy atom. The SMILES string of the molecule is CCOCC(C)Nc1cccc(SCC)c1C#N. The average Bonchev–Trinajstić information content (AvgIpc) is 2.37. The Morgan fingerprint density at radius 1 is 1.44 bits per heavy atom. The lowest BCUT2D eigenvalue weighted by Crippen LogP contribution is -2.22. The number of rotatable bonds is 7. The van der Waals surface area contributed by atoms with Crippen molar-refractivity contribution in [2.45, 2.75) is 31.7 Å². The highest BCUT2D eigenvalue weighted by Gasteiger charge is 2.10. The van der Waals surface area contributed by atoms with E-state index in [-0.39, 0.29) is 6.04 Å². The molecule has 98 valence electrons. The molecular weight excluding hydrogens is 244 g/mol. The standard InChI is InChI=1S/C14H20N2OS/c1-4-17-10-11(3)16-13-7-6-8-14(18-5-2)12(13)9-15/h6-8,11,16H,4-5,10H2,1-3H3. The van der Waals surface area contributed by atoms with Crippen LogP contribution in [0.1, 0.15) is 26.3 Å².